The summed E-state index contributed by atoms with van der Waals surface area (Å²) in [6.45, 7) is 2.27. The highest BCUT2D eigenvalue weighted by Gasteiger charge is 2.21. The summed E-state index contributed by atoms with van der Waals surface area (Å²) in [6, 6.07) is 9.71. The van der Waals surface area contributed by atoms with Crippen molar-refractivity contribution in [3.63, 3.8) is 0 Å². The Bertz CT molecular complexity index is 706. The molecule has 0 saturated heterocycles. The molecule has 132 valence electrons. The molecule has 0 amide bonds. The Labute approximate surface area is 157 Å². The SMILES string of the molecule is CCCC1CCC(c2ccc(OC(=O)c3cncc(Br)c3)cc2)CC1. The Morgan fingerprint density at radius 1 is 1.16 bits per heavy atom. The van der Waals surface area contributed by atoms with Gasteiger partial charge >= 0.3 is 5.97 Å². The Kier molecular flexibility index (Phi) is 6.24. The van der Waals surface area contributed by atoms with Gasteiger partial charge in [0.2, 0.25) is 0 Å². The van der Waals surface area contributed by atoms with Gasteiger partial charge in [0.05, 0.1) is 5.56 Å². The summed E-state index contributed by atoms with van der Waals surface area (Å²) in [7, 11) is 0. The molecule has 1 aromatic carbocycles. The fraction of sp³-hybridized carbons (Fsp3) is 0.429. The number of pyridine rings is 1. The molecular formula is C21H24BrNO2. The molecule has 1 heterocycles. The smallest absolute Gasteiger partial charge is 0.345 e. The Hall–Kier alpha value is -1.68. The fourth-order valence-electron chi connectivity index (χ4n) is 3.69. The maximum Gasteiger partial charge on any atom is 0.345 e. The van der Waals surface area contributed by atoms with Crippen molar-refractivity contribution in [2.75, 3.05) is 0 Å². The molecular weight excluding hydrogens is 378 g/mol. The molecule has 25 heavy (non-hydrogen) atoms. The second-order valence-corrected chi connectivity index (χ2v) is 7.77. The molecule has 0 spiro atoms. The van der Waals surface area contributed by atoms with Crippen LogP contribution in [0.15, 0.2) is 47.2 Å². The van der Waals surface area contributed by atoms with Crippen LogP contribution in [-0.4, -0.2) is 11.0 Å². The van der Waals surface area contributed by atoms with Gasteiger partial charge in [-0.2, -0.15) is 0 Å². The normalized spacial score (nSPS) is 20.2. The van der Waals surface area contributed by atoms with E-state index in [9.17, 15) is 4.79 Å². The minimum Gasteiger partial charge on any atom is -0.423 e. The zero-order valence-corrected chi connectivity index (χ0v) is 16.2. The molecule has 3 rings (SSSR count). The molecule has 1 aromatic heterocycles. The van der Waals surface area contributed by atoms with Gasteiger partial charge in [0, 0.05) is 16.9 Å². The minimum absolute atomic E-state index is 0.387. The molecule has 2 aromatic rings. The summed E-state index contributed by atoms with van der Waals surface area (Å²) in [6.07, 6.45) is 11.0. The van der Waals surface area contributed by atoms with E-state index in [0.29, 0.717) is 17.2 Å². The maximum absolute atomic E-state index is 12.2. The Morgan fingerprint density at radius 2 is 1.88 bits per heavy atom. The average molecular weight is 402 g/mol. The number of hydrogen-bond donors (Lipinski definition) is 0. The van der Waals surface area contributed by atoms with Gasteiger partial charge in [-0.25, -0.2) is 4.79 Å². The molecule has 1 fully saturated rings. The number of aromatic nitrogens is 1. The maximum atomic E-state index is 12.2. The molecule has 0 bridgehead atoms. The van der Waals surface area contributed by atoms with E-state index in [-0.39, 0.29) is 5.97 Å². The van der Waals surface area contributed by atoms with Crippen LogP contribution in [0.25, 0.3) is 0 Å². The van der Waals surface area contributed by atoms with Crippen LogP contribution in [0.2, 0.25) is 0 Å². The number of ether oxygens (including phenoxy) is 1. The highest BCUT2D eigenvalue weighted by Crippen LogP contribution is 2.37. The largest absolute Gasteiger partial charge is 0.423 e. The molecule has 0 radical (unpaired) electrons. The van der Waals surface area contributed by atoms with E-state index in [1.807, 2.05) is 12.1 Å². The van der Waals surface area contributed by atoms with Gasteiger partial charge in [0.15, 0.2) is 0 Å². The van der Waals surface area contributed by atoms with Gasteiger partial charge in [-0.3, -0.25) is 4.98 Å². The quantitative estimate of drug-likeness (QED) is 0.446. The standard InChI is InChI=1S/C21H24BrNO2/c1-2-3-15-4-6-16(7-5-15)17-8-10-20(11-9-17)25-21(24)18-12-19(22)14-23-13-18/h8-16H,2-7H2,1H3. The van der Waals surface area contributed by atoms with Gasteiger partial charge in [-0.05, 0) is 77.2 Å². The van der Waals surface area contributed by atoms with Crippen LogP contribution in [-0.2, 0) is 0 Å². The van der Waals surface area contributed by atoms with E-state index in [4.69, 9.17) is 4.74 Å². The first-order valence-corrected chi connectivity index (χ1v) is 9.87. The third-order valence-corrected chi connectivity index (χ3v) is 5.48. The lowest BCUT2D eigenvalue weighted by Crippen LogP contribution is -2.13. The van der Waals surface area contributed by atoms with E-state index in [0.717, 1.165) is 10.4 Å². The van der Waals surface area contributed by atoms with Crippen molar-refractivity contribution in [3.05, 3.63) is 58.3 Å². The predicted octanol–water partition coefficient (Wildman–Crippen LogP) is 6.14. The highest BCUT2D eigenvalue weighted by molar-refractivity contribution is 9.10. The molecule has 0 aliphatic heterocycles. The number of halogens is 1. The lowest BCUT2D eigenvalue weighted by atomic mass is 9.77. The first-order valence-electron chi connectivity index (χ1n) is 9.08. The molecule has 4 heteroatoms. The highest BCUT2D eigenvalue weighted by atomic mass is 79.9. The van der Waals surface area contributed by atoms with E-state index >= 15 is 0 Å². The molecule has 1 saturated carbocycles. The molecule has 0 atom stereocenters. The monoisotopic (exact) mass is 401 g/mol. The van der Waals surface area contributed by atoms with Crippen molar-refractivity contribution < 1.29 is 9.53 Å². The van der Waals surface area contributed by atoms with Gasteiger partial charge in [0.1, 0.15) is 5.75 Å². The number of nitrogens with zero attached hydrogens (tertiary/aromatic N) is 1. The topological polar surface area (TPSA) is 39.2 Å². The van der Waals surface area contributed by atoms with Gasteiger partial charge in [0.25, 0.3) is 0 Å². The number of hydrogen-bond acceptors (Lipinski definition) is 3. The summed E-state index contributed by atoms with van der Waals surface area (Å²) < 4.78 is 6.21. The Morgan fingerprint density at radius 3 is 2.52 bits per heavy atom. The van der Waals surface area contributed by atoms with Crippen molar-refractivity contribution in [1.29, 1.82) is 0 Å². The molecule has 0 unspecified atom stereocenters. The number of carbonyl (C=O) groups excluding carboxylic acids is 1. The number of benzene rings is 1. The van der Waals surface area contributed by atoms with Gasteiger partial charge in [-0.1, -0.05) is 31.9 Å². The number of carbonyl (C=O) groups is 1. The van der Waals surface area contributed by atoms with Crippen LogP contribution in [0.3, 0.4) is 0 Å². The molecule has 1 aliphatic carbocycles. The van der Waals surface area contributed by atoms with Crippen LogP contribution in [0.5, 0.6) is 5.75 Å². The fourth-order valence-corrected chi connectivity index (χ4v) is 4.06. The molecule has 1 aliphatic rings. The van der Waals surface area contributed by atoms with Crippen molar-refractivity contribution in [2.24, 2.45) is 5.92 Å². The van der Waals surface area contributed by atoms with Gasteiger partial charge < -0.3 is 4.74 Å². The molecule has 3 nitrogen and oxygen atoms in total. The van der Waals surface area contributed by atoms with Crippen molar-refractivity contribution in [3.8, 4) is 5.75 Å². The third-order valence-electron chi connectivity index (χ3n) is 5.05. The van der Waals surface area contributed by atoms with E-state index in [2.05, 4.69) is 40.0 Å². The van der Waals surface area contributed by atoms with E-state index < -0.39 is 0 Å². The summed E-state index contributed by atoms with van der Waals surface area (Å²) in [5.74, 6) is 1.75. The first-order chi connectivity index (χ1) is 12.2. The van der Waals surface area contributed by atoms with Crippen molar-refractivity contribution >= 4 is 21.9 Å². The van der Waals surface area contributed by atoms with Crippen molar-refractivity contribution in [2.45, 2.75) is 51.4 Å². The van der Waals surface area contributed by atoms with Crippen LogP contribution in [0.1, 0.15) is 67.3 Å². The van der Waals surface area contributed by atoms with Gasteiger partial charge in [-0.15, -0.1) is 0 Å². The zero-order valence-electron chi connectivity index (χ0n) is 14.6. The summed E-state index contributed by atoms with van der Waals surface area (Å²) >= 11 is 3.31. The lowest BCUT2D eigenvalue weighted by molar-refractivity contribution is 0.0734. The predicted molar refractivity (Wildman–Crippen MR) is 103 cm³/mol. The van der Waals surface area contributed by atoms with E-state index in [1.165, 1.54) is 50.3 Å². The van der Waals surface area contributed by atoms with Crippen LogP contribution >= 0.6 is 15.9 Å². The lowest BCUT2D eigenvalue weighted by Gasteiger charge is -2.28. The number of rotatable bonds is 5. The average Bonchev–Trinajstić information content (AvgIpc) is 2.63. The van der Waals surface area contributed by atoms with Crippen LogP contribution in [0.4, 0.5) is 0 Å². The second-order valence-electron chi connectivity index (χ2n) is 6.86. The minimum atomic E-state index is -0.387. The summed E-state index contributed by atoms with van der Waals surface area (Å²) in [4.78, 5) is 16.2. The second kappa shape index (κ2) is 8.61. The third kappa shape index (κ3) is 4.91. The molecule has 0 N–H and O–H groups in total. The zero-order chi connectivity index (χ0) is 17.6. The van der Waals surface area contributed by atoms with E-state index in [1.54, 1.807) is 12.3 Å². The Balaban J connectivity index is 1.58. The first kappa shape index (κ1) is 18.1. The van der Waals surface area contributed by atoms with Crippen LogP contribution < -0.4 is 4.74 Å². The van der Waals surface area contributed by atoms with Crippen LogP contribution in [0, 0.1) is 5.92 Å². The van der Waals surface area contributed by atoms with Crippen molar-refractivity contribution in [1.82, 2.24) is 4.98 Å². The number of esters is 1. The summed E-state index contributed by atoms with van der Waals surface area (Å²) in [5, 5.41) is 0. The summed E-state index contributed by atoms with van der Waals surface area (Å²) in [5.41, 5.74) is 1.80.